The van der Waals surface area contributed by atoms with E-state index in [0.717, 1.165) is 31.2 Å². The van der Waals surface area contributed by atoms with Crippen molar-refractivity contribution in [1.82, 2.24) is 9.55 Å². The topological polar surface area (TPSA) is 76.7 Å². The minimum absolute atomic E-state index is 0.146. The smallest absolute Gasteiger partial charge is 0.367 e. The molecular weight excluding hydrogens is 338 g/mol. The summed E-state index contributed by atoms with van der Waals surface area (Å²) in [5, 5.41) is 12.4. The first-order valence-electron chi connectivity index (χ1n) is 8.78. The summed E-state index contributed by atoms with van der Waals surface area (Å²) < 4.78 is 6.75. The molecule has 4 rings (SSSR count). The molecule has 6 nitrogen and oxygen atoms in total. The molecule has 2 heterocycles. The van der Waals surface area contributed by atoms with Crippen LogP contribution in [-0.2, 0) is 15.3 Å². The number of aromatic nitrogens is 2. The molecule has 132 valence electrons. The van der Waals surface area contributed by atoms with Gasteiger partial charge in [-0.1, -0.05) is 31.4 Å². The lowest BCUT2D eigenvalue weighted by atomic mass is 9.96. The summed E-state index contributed by atoms with van der Waals surface area (Å²) in [7, 11) is 0. The van der Waals surface area contributed by atoms with Crippen LogP contribution in [0, 0.1) is 0 Å². The lowest BCUT2D eigenvalue weighted by Crippen LogP contribution is -2.46. The van der Waals surface area contributed by atoms with Gasteiger partial charge >= 0.3 is 5.97 Å². The fourth-order valence-electron chi connectivity index (χ4n) is 3.54. The molecule has 0 saturated heterocycles. The number of fused-ring (bicyclic) bond motifs is 3. The van der Waals surface area contributed by atoms with Gasteiger partial charge in [0.2, 0.25) is 0 Å². The highest BCUT2D eigenvalue weighted by Gasteiger charge is 2.53. The standard InChI is InChI=1S/C18H21N3O3S/c1-2-24-16(22)18(23)15(19-12-8-4-3-5-9-12)25-17-20-13-10-6-7-11-14(13)21(17)18/h6-7,10-12,23H,2-5,8-9H2,1H3. The summed E-state index contributed by atoms with van der Waals surface area (Å²) in [5.41, 5.74) is -0.484. The summed E-state index contributed by atoms with van der Waals surface area (Å²) in [6.45, 7) is 1.93. The molecular formula is C18H21N3O3S. The van der Waals surface area contributed by atoms with E-state index >= 15 is 0 Å². The van der Waals surface area contributed by atoms with Gasteiger partial charge in [-0.25, -0.2) is 9.78 Å². The molecule has 1 atom stereocenters. The molecule has 25 heavy (non-hydrogen) atoms. The van der Waals surface area contributed by atoms with Crippen LogP contribution in [0.4, 0.5) is 0 Å². The first-order chi connectivity index (χ1) is 12.1. The van der Waals surface area contributed by atoms with E-state index in [-0.39, 0.29) is 12.6 Å². The minimum atomic E-state index is -1.93. The van der Waals surface area contributed by atoms with Crippen molar-refractivity contribution in [3.63, 3.8) is 0 Å². The Bertz CT molecular complexity index is 841. The van der Waals surface area contributed by atoms with E-state index in [0.29, 0.717) is 15.7 Å². The fourth-order valence-corrected chi connectivity index (χ4v) is 4.70. The third-order valence-electron chi connectivity index (χ3n) is 4.77. The predicted octanol–water partition coefficient (Wildman–Crippen LogP) is 3.08. The molecule has 0 bridgehead atoms. The van der Waals surface area contributed by atoms with Gasteiger partial charge in [0.25, 0.3) is 5.72 Å². The Hall–Kier alpha value is -1.86. The molecule has 0 amide bonds. The van der Waals surface area contributed by atoms with Gasteiger partial charge in [-0.15, -0.1) is 0 Å². The Morgan fingerprint density at radius 2 is 2.16 bits per heavy atom. The number of para-hydroxylation sites is 2. The third-order valence-corrected chi connectivity index (χ3v) is 5.81. The number of aliphatic imine (C=N–C) groups is 1. The second kappa shape index (κ2) is 6.46. The van der Waals surface area contributed by atoms with Crippen molar-refractivity contribution >= 4 is 33.8 Å². The Kier molecular flexibility index (Phi) is 4.29. The number of carbonyl (C=O) groups excluding carboxylic acids is 1. The molecule has 1 aromatic heterocycles. The van der Waals surface area contributed by atoms with Crippen LogP contribution in [0.2, 0.25) is 0 Å². The highest BCUT2D eigenvalue weighted by molar-refractivity contribution is 8.14. The maximum atomic E-state index is 12.7. The van der Waals surface area contributed by atoms with E-state index in [2.05, 4.69) is 4.98 Å². The largest absolute Gasteiger partial charge is 0.462 e. The molecule has 1 aromatic carbocycles. The Labute approximate surface area is 150 Å². The molecule has 0 spiro atoms. The Morgan fingerprint density at radius 1 is 1.40 bits per heavy atom. The molecule has 1 N–H and O–H groups in total. The van der Waals surface area contributed by atoms with E-state index in [1.54, 1.807) is 11.5 Å². The predicted molar refractivity (Wildman–Crippen MR) is 96.7 cm³/mol. The fraction of sp³-hybridized carbons (Fsp3) is 0.500. The number of aliphatic hydroxyl groups is 1. The van der Waals surface area contributed by atoms with E-state index in [4.69, 9.17) is 9.73 Å². The van der Waals surface area contributed by atoms with Gasteiger partial charge in [0.1, 0.15) is 5.04 Å². The number of ether oxygens (including phenoxy) is 1. The molecule has 0 radical (unpaired) electrons. The van der Waals surface area contributed by atoms with Gasteiger partial charge in [0.05, 0.1) is 23.7 Å². The first kappa shape index (κ1) is 16.6. The van der Waals surface area contributed by atoms with Gasteiger partial charge in [-0.05, 0) is 43.7 Å². The third kappa shape index (κ3) is 2.66. The normalized spacial score (nSPS) is 25.4. The van der Waals surface area contributed by atoms with Crippen LogP contribution < -0.4 is 0 Å². The summed E-state index contributed by atoms with van der Waals surface area (Å²) in [4.78, 5) is 22.0. The van der Waals surface area contributed by atoms with Gasteiger partial charge in [-0.2, -0.15) is 0 Å². The lowest BCUT2D eigenvalue weighted by molar-refractivity contribution is -0.165. The van der Waals surface area contributed by atoms with Crippen molar-refractivity contribution in [2.24, 2.45) is 4.99 Å². The molecule has 1 aliphatic heterocycles. The maximum absolute atomic E-state index is 12.7. The van der Waals surface area contributed by atoms with Gasteiger partial charge < -0.3 is 9.84 Å². The van der Waals surface area contributed by atoms with Crippen molar-refractivity contribution in [2.75, 3.05) is 6.61 Å². The van der Waals surface area contributed by atoms with E-state index in [9.17, 15) is 9.90 Å². The van der Waals surface area contributed by atoms with Gasteiger partial charge in [-0.3, -0.25) is 9.56 Å². The van der Waals surface area contributed by atoms with Crippen LogP contribution >= 0.6 is 11.8 Å². The van der Waals surface area contributed by atoms with Gasteiger partial charge in [0.15, 0.2) is 5.16 Å². The van der Waals surface area contributed by atoms with Crippen LogP contribution in [0.5, 0.6) is 0 Å². The zero-order valence-electron chi connectivity index (χ0n) is 14.1. The molecule has 1 saturated carbocycles. The highest BCUT2D eigenvalue weighted by Crippen LogP contribution is 2.43. The number of hydrogen-bond acceptors (Lipinski definition) is 6. The Balaban J connectivity index is 1.83. The number of carbonyl (C=O) groups is 1. The number of hydrogen-bond donors (Lipinski definition) is 1. The second-order valence-corrected chi connectivity index (χ2v) is 7.40. The van der Waals surface area contributed by atoms with Crippen LogP contribution in [0.15, 0.2) is 34.4 Å². The molecule has 1 fully saturated rings. The van der Waals surface area contributed by atoms with Crippen LogP contribution in [-0.4, -0.2) is 38.3 Å². The van der Waals surface area contributed by atoms with Crippen molar-refractivity contribution in [1.29, 1.82) is 0 Å². The first-order valence-corrected chi connectivity index (χ1v) is 9.60. The quantitative estimate of drug-likeness (QED) is 0.852. The average Bonchev–Trinajstić information content (AvgIpc) is 3.12. The maximum Gasteiger partial charge on any atom is 0.367 e. The second-order valence-electron chi connectivity index (χ2n) is 6.44. The van der Waals surface area contributed by atoms with Crippen LogP contribution in [0.3, 0.4) is 0 Å². The van der Waals surface area contributed by atoms with E-state index < -0.39 is 11.7 Å². The summed E-state index contributed by atoms with van der Waals surface area (Å²) >= 11 is 1.27. The lowest BCUT2D eigenvalue weighted by Gasteiger charge is -2.25. The van der Waals surface area contributed by atoms with Gasteiger partial charge in [0, 0.05) is 0 Å². The zero-order chi connectivity index (χ0) is 17.4. The number of imidazole rings is 1. The highest BCUT2D eigenvalue weighted by atomic mass is 32.2. The number of esters is 1. The number of thioether (sulfide) groups is 1. The summed E-state index contributed by atoms with van der Waals surface area (Å²) in [6.07, 6.45) is 5.48. The monoisotopic (exact) mass is 359 g/mol. The zero-order valence-corrected chi connectivity index (χ0v) is 15.0. The number of nitrogens with zero attached hydrogens (tertiary/aromatic N) is 3. The van der Waals surface area contributed by atoms with Crippen LogP contribution in [0.25, 0.3) is 11.0 Å². The van der Waals surface area contributed by atoms with Crippen molar-refractivity contribution in [3.05, 3.63) is 24.3 Å². The molecule has 2 aromatic rings. The van der Waals surface area contributed by atoms with Crippen molar-refractivity contribution in [3.8, 4) is 0 Å². The van der Waals surface area contributed by atoms with Crippen molar-refractivity contribution in [2.45, 2.75) is 56.0 Å². The average molecular weight is 359 g/mol. The SMILES string of the molecule is CCOC(=O)C1(O)C(=NC2CCCCC2)Sc2nc3ccccc3n21. The minimum Gasteiger partial charge on any atom is -0.462 e. The molecule has 2 aliphatic rings. The Morgan fingerprint density at radius 3 is 2.92 bits per heavy atom. The van der Waals surface area contributed by atoms with E-state index in [1.807, 2.05) is 24.3 Å². The summed E-state index contributed by atoms with van der Waals surface area (Å²) in [6, 6.07) is 7.61. The summed E-state index contributed by atoms with van der Waals surface area (Å²) in [5.74, 6) is -0.695. The molecule has 7 heteroatoms. The molecule has 1 unspecified atom stereocenters. The van der Waals surface area contributed by atoms with E-state index in [1.165, 1.54) is 18.2 Å². The number of benzene rings is 1. The molecule has 1 aliphatic carbocycles. The number of rotatable bonds is 3. The van der Waals surface area contributed by atoms with Crippen LogP contribution in [0.1, 0.15) is 39.0 Å². The van der Waals surface area contributed by atoms with Crippen molar-refractivity contribution < 1.29 is 14.6 Å².